The van der Waals surface area contributed by atoms with E-state index in [2.05, 4.69) is 10.4 Å². The van der Waals surface area contributed by atoms with Gasteiger partial charge in [0.05, 0.1) is 4.34 Å². The molecule has 1 atom stereocenters. The maximum Gasteiger partial charge on any atom is 0.108 e. The molecule has 0 aliphatic rings. The average Bonchev–Trinajstić information content (AvgIpc) is 3.28. The van der Waals surface area contributed by atoms with Gasteiger partial charge in [-0.05, 0) is 35.9 Å². The van der Waals surface area contributed by atoms with Crippen LogP contribution in [0.1, 0.15) is 17.2 Å². The van der Waals surface area contributed by atoms with E-state index in [1.807, 2.05) is 48.5 Å². The van der Waals surface area contributed by atoms with E-state index in [9.17, 15) is 5.11 Å². The molecule has 6 heteroatoms. The van der Waals surface area contributed by atoms with E-state index >= 15 is 0 Å². The predicted molar refractivity (Wildman–Crippen MR) is 111 cm³/mol. The van der Waals surface area contributed by atoms with Crippen LogP contribution in [0.3, 0.4) is 0 Å². The number of thiophene rings is 2. The Morgan fingerprint density at radius 3 is 2.46 bits per heavy atom. The standard InChI is InChI=1S/C20H13Cl2NOS2/c21-14-5-3-12(4-6-14)20-18(19(24)13-2-1-9-23-10-13)15(11-25-20)16-7-8-17(22)26-16/h1-11,19,24H. The lowest BCUT2D eigenvalue weighted by Crippen LogP contribution is -2.01. The van der Waals surface area contributed by atoms with Gasteiger partial charge in [0.15, 0.2) is 0 Å². The van der Waals surface area contributed by atoms with Crippen LogP contribution in [0, 0.1) is 0 Å². The molecule has 3 aromatic heterocycles. The van der Waals surface area contributed by atoms with Crippen molar-refractivity contribution in [2.45, 2.75) is 6.10 Å². The lowest BCUT2D eigenvalue weighted by molar-refractivity contribution is 0.221. The lowest BCUT2D eigenvalue weighted by atomic mass is 9.96. The van der Waals surface area contributed by atoms with Gasteiger partial charge in [-0.1, -0.05) is 41.4 Å². The molecule has 2 nitrogen and oxygen atoms in total. The van der Waals surface area contributed by atoms with Crippen LogP contribution in [0.4, 0.5) is 0 Å². The summed E-state index contributed by atoms with van der Waals surface area (Å²) in [4.78, 5) is 6.19. The summed E-state index contributed by atoms with van der Waals surface area (Å²) in [6.07, 6.45) is 2.61. The maximum atomic E-state index is 11.1. The van der Waals surface area contributed by atoms with Gasteiger partial charge in [0.25, 0.3) is 0 Å². The van der Waals surface area contributed by atoms with Gasteiger partial charge in [-0.25, -0.2) is 0 Å². The fourth-order valence-electron chi connectivity index (χ4n) is 2.82. The molecular formula is C20H13Cl2NOS2. The number of pyridine rings is 1. The second-order valence-corrected chi connectivity index (χ2v) is 8.72. The van der Waals surface area contributed by atoms with Gasteiger partial charge >= 0.3 is 0 Å². The molecule has 26 heavy (non-hydrogen) atoms. The van der Waals surface area contributed by atoms with Crippen LogP contribution >= 0.6 is 45.9 Å². The first-order chi connectivity index (χ1) is 12.6. The zero-order valence-electron chi connectivity index (χ0n) is 13.4. The zero-order chi connectivity index (χ0) is 18.1. The van der Waals surface area contributed by atoms with Crippen molar-refractivity contribution < 1.29 is 5.11 Å². The third-order valence-electron chi connectivity index (χ3n) is 4.05. The molecule has 0 aliphatic heterocycles. The van der Waals surface area contributed by atoms with Crippen molar-refractivity contribution in [2.75, 3.05) is 0 Å². The molecule has 130 valence electrons. The molecule has 3 heterocycles. The first kappa shape index (κ1) is 17.7. The summed E-state index contributed by atoms with van der Waals surface area (Å²) in [6.45, 7) is 0. The third-order valence-corrected chi connectivity index (χ3v) is 6.61. The Bertz CT molecular complexity index is 1030. The molecule has 0 radical (unpaired) electrons. The topological polar surface area (TPSA) is 33.1 Å². The summed E-state index contributed by atoms with van der Waals surface area (Å²) in [7, 11) is 0. The number of nitrogens with zero attached hydrogens (tertiary/aromatic N) is 1. The molecule has 1 unspecified atom stereocenters. The largest absolute Gasteiger partial charge is 0.384 e. The summed E-state index contributed by atoms with van der Waals surface area (Å²) < 4.78 is 0.723. The molecule has 0 bridgehead atoms. The molecule has 0 saturated heterocycles. The van der Waals surface area contributed by atoms with Crippen LogP contribution in [0.5, 0.6) is 0 Å². The summed E-state index contributed by atoms with van der Waals surface area (Å²) in [5.41, 5.74) is 3.63. The molecule has 4 rings (SSSR count). The quantitative estimate of drug-likeness (QED) is 0.390. The van der Waals surface area contributed by atoms with Crippen LogP contribution < -0.4 is 0 Å². The van der Waals surface area contributed by atoms with Crippen LogP contribution in [0.25, 0.3) is 20.9 Å². The lowest BCUT2D eigenvalue weighted by Gasteiger charge is -2.15. The first-order valence-corrected chi connectivity index (χ1v) is 10.3. The van der Waals surface area contributed by atoms with Crippen molar-refractivity contribution in [3.05, 3.63) is 86.8 Å². The normalized spacial score (nSPS) is 12.3. The minimum Gasteiger partial charge on any atom is -0.384 e. The highest BCUT2D eigenvalue weighted by Crippen LogP contribution is 2.45. The monoisotopic (exact) mass is 417 g/mol. The number of aliphatic hydroxyl groups excluding tert-OH is 1. The zero-order valence-corrected chi connectivity index (χ0v) is 16.5. The molecule has 1 aromatic carbocycles. The van der Waals surface area contributed by atoms with Gasteiger partial charge in [-0.2, -0.15) is 0 Å². The highest BCUT2D eigenvalue weighted by Gasteiger charge is 2.23. The molecule has 0 fully saturated rings. The molecule has 4 aromatic rings. The van der Waals surface area contributed by atoms with E-state index in [1.165, 1.54) is 11.3 Å². The number of benzene rings is 1. The van der Waals surface area contributed by atoms with Crippen LogP contribution in [-0.2, 0) is 0 Å². The van der Waals surface area contributed by atoms with Crippen LogP contribution in [-0.4, -0.2) is 10.1 Å². The Balaban J connectivity index is 1.90. The Morgan fingerprint density at radius 2 is 1.81 bits per heavy atom. The Hall–Kier alpha value is -1.69. The number of hydrogen-bond donors (Lipinski definition) is 1. The van der Waals surface area contributed by atoms with Gasteiger partial charge in [-0.15, -0.1) is 22.7 Å². The third kappa shape index (κ3) is 3.43. The fourth-order valence-corrected chi connectivity index (χ4v) is 5.20. The van der Waals surface area contributed by atoms with E-state index in [-0.39, 0.29) is 0 Å². The second-order valence-electron chi connectivity index (χ2n) is 5.69. The van der Waals surface area contributed by atoms with E-state index < -0.39 is 6.10 Å². The summed E-state index contributed by atoms with van der Waals surface area (Å²) >= 11 is 15.3. The van der Waals surface area contributed by atoms with Crippen molar-refractivity contribution >= 4 is 45.9 Å². The molecule has 1 N–H and O–H groups in total. The SMILES string of the molecule is OC(c1cccnc1)c1c(-c2ccc(Cl)s2)csc1-c1ccc(Cl)cc1. The van der Waals surface area contributed by atoms with Crippen molar-refractivity contribution in [1.29, 1.82) is 0 Å². The summed E-state index contributed by atoms with van der Waals surface area (Å²) in [6, 6.07) is 15.2. The molecular weight excluding hydrogens is 405 g/mol. The predicted octanol–water partition coefficient (Wildman–Crippen LogP) is 6.93. The van der Waals surface area contributed by atoms with Crippen LogP contribution in [0.15, 0.2) is 66.3 Å². The summed E-state index contributed by atoms with van der Waals surface area (Å²) in [5, 5.41) is 13.9. The number of halogens is 2. The highest BCUT2D eigenvalue weighted by molar-refractivity contribution is 7.20. The van der Waals surface area contributed by atoms with Crippen molar-refractivity contribution in [2.24, 2.45) is 0 Å². The van der Waals surface area contributed by atoms with Crippen molar-refractivity contribution in [3.63, 3.8) is 0 Å². The Kier molecular flexibility index (Phi) is 5.11. The van der Waals surface area contributed by atoms with Gasteiger partial charge in [0, 0.05) is 49.2 Å². The number of aromatic nitrogens is 1. The molecule has 0 spiro atoms. The summed E-state index contributed by atoms with van der Waals surface area (Å²) in [5.74, 6) is 0. The molecule has 0 amide bonds. The van der Waals surface area contributed by atoms with E-state index in [0.29, 0.717) is 5.02 Å². The first-order valence-electron chi connectivity index (χ1n) is 7.84. The van der Waals surface area contributed by atoms with Crippen molar-refractivity contribution in [1.82, 2.24) is 4.98 Å². The Labute approximate surface area is 169 Å². The number of rotatable bonds is 4. The number of aliphatic hydroxyl groups is 1. The van der Waals surface area contributed by atoms with Crippen molar-refractivity contribution in [3.8, 4) is 20.9 Å². The maximum absolute atomic E-state index is 11.1. The minimum absolute atomic E-state index is 0.685. The van der Waals surface area contributed by atoms with Crippen LogP contribution in [0.2, 0.25) is 9.36 Å². The van der Waals surface area contributed by atoms with E-state index in [0.717, 1.165) is 36.3 Å². The Morgan fingerprint density at radius 1 is 1.00 bits per heavy atom. The fraction of sp³-hybridized carbons (Fsp3) is 0.0500. The highest BCUT2D eigenvalue weighted by atomic mass is 35.5. The second kappa shape index (κ2) is 7.51. The minimum atomic E-state index is -0.781. The number of hydrogen-bond acceptors (Lipinski definition) is 4. The smallest absolute Gasteiger partial charge is 0.108 e. The van der Waals surface area contributed by atoms with E-state index in [4.69, 9.17) is 23.2 Å². The van der Waals surface area contributed by atoms with Gasteiger partial charge in [0.2, 0.25) is 0 Å². The average molecular weight is 418 g/mol. The molecule has 0 saturated carbocycles. The van der Waals surface area contributed by atoms with E-state index in [1.54, 1.807) is 23.7 Å². The van der Waals surface area contributed by atoms with Gasteiger partial charge < -0.3 is 5.11 Å². The van der Waals surface area contributed by atoms with Gasteiger partial charge in [-0.3, -0.25) is 4.98 Å². The molecule has 0 aliphatic carbocycles. The van der Waals surface area contributed by atoms with Gasteiger partial charge in [0.1, 0.15) is 6.10 Å².